The van der Waals surface area contributed by atoms with E-state index >= 15 is 0 Å². The molecule has 27 heavy (non-hydrogen) atoms. The minimum Gasteiger partial charge on any atom is -0.547 e. The zero-order valence-corrected chi connectivity index (χ0v) is 16.1. The molecule has 0 aromatic heterocycles. The topological polar surface area (TPSA) is 60.4 Å². The SMILES string of the molecule is CC(/C=C1\SC(=S)N([C@H](C(=O)[O-])c2ccccc2)C1=O)=C\c1ccccc1. The number of thiocarbonyl (C=S) groups is 1. The first kappa shape index (κ1) is 19.1. The van der Waals surface area contributed by atoms with Gasteiger partial charge in [0.25, 0.3) is 5.91 Å². The van der Waals surface area contributed by atoms with Gasteiger partial charge in [0.2, 0.25) is 0 Å². The van der Waals surface area contributed by atoms with Gasteiger partial charge in [0.1, 0.15) is 10.4 Å². The van der Waals surface area contributed by atoms with Crippen LogP contribution in [0, 0.1) is 0 Å². The molecule has 0 bridgehead atoms. The lowest BCUT2D eigenvalue weighted by Crippen LogP contribution is -2.43. The van der Waals surface area contributed by atoms with Crippen molar-refractivity contribution >= 4 is 46.3 Å². The van der Waals surface area contributed by atoms with Crippen molar-refractivity contribution in [1.82, 2.24) is 4.90 Å². The molecule has 3 rings (SSSR count). The first-order chi connectivity index (χ1) is 13.0. The second kappa shape index (κ2) is 8.33. The summed E-state index contributed by atoms with van der Waals surface area (Å²) in [6.07, 6.45) is 3.67. The van der Waals surface area contributed by atoms with E-state index in [-0.39, 0.29) is 4.32 Å². The number of rotatable bonds is 5. The van der Waals surface area contributed by atoms with Gasteiger partial charge in [0, 0.05) is 0 Å². The molecule has 1 atom stereocenters. The van der Waals surface area contributed by atoms with E-state index in [1.165, 1.54) is 0 Å². The number of nitrogens with zero attached hydrogens (tertiary/aromatic N) is 1. The van der Waals surface area contributed by atoms with E-state index in [0.29, 0.717) is 10.5 Å². The predicted octanol–water partition coefficient (Wildman–Crippen LogP) is 3.33. The van der Waals surface area contributed by atoms with Crippen LogP contribution in [0.4, 0.5) is 0 Å². The summed E-state index contributed by atoms with van der Waals surface area (Å²) in [6, 6.07) is 17.0. The molecule has 4 nitrogen and oxygen atoms in total. The smallest absolute Gasteiger partial charge is 0.267 e. The monoisotopic (exact) mass is 394 g/mol. The zero-order chi connectivity index (χ0) is 19.4. The molecule has 1 aliphatic heterocycles. The highest BCUT2D eigenvalue weighted by Gasteiger charge is 2.38. The molecule has 2 aromatic rings. The van der Waals surface area contributed by atoms with Crippen LogP contribution in [0.1, 0.15) is 24.1 Å². The van der Waals surface area contributed by atoms with Gasteiger partial charge in [-0.05, 0) is 29.7 Å². The van der Waals surface area contributed by atoms with E-state index in [1.54, 1.807) is 36.4 Å². The molecule has 1 amide bonds. The summed E-state index contributed by atoms with van der Waals surface area (Å²) in [6.45, 7) is 1.88. The Morgan fingerprint density at radius 3 is 2.30 bits per heavy atom. The van der Waals surface area contributed by atoms with Crippen LogP contribution >= 0.6 is 24.0 Å². The van der Waals surface area contributed by atoms with Gasteiger partial charge >= 0.3 is 0 Å². The fourth-order valence-electron chi connectivity index (χ4n) is 2.79. The lowest BCUT2D eigenvalue weighted by Gasteiger charge is -2.27. The Hall–Kier alpha value is -2.70. The number of carbonyl (C=O) groups is 2. The summed E-state index contributed by atoms with van der Waals surface area (Å²) in [5.74, 6) is -1.79. The van der Waals surface area contributed by atoms with Crippen molar-refractivity contribution < 1.29 is 14.7 Å². The zero-order valence-electron chi connectivity index (χ0n) is 14.5. The number of aliphatic carboxylic acids is 1. The molecular formula is C21H16NO3S2-. The normalized spacial score (nSPS) is 17.4. The van der Waals surface area contributed by atoms with Crippen LogP contribution in [0.15, 0.2) is 77.2 Å². The highest BCUT2D eigenvalue weighted by Crippen LogP contribution is 2.37. The number of carboxylic acid groups (broad SMARTS) is 1. The standard InChI is InChI=1S/C21H17NO3S2/c1-14(12-15-8-4-2-5-9-15)13-17-19(23)22(21(26)27-17)18(20(24)25)16-10-6-3-7-11-16/h2-13,18H,1H3,(H,24,25)/p-1/b14-12+,17-13-/t18-/m0/s1. The van der Waals surface area contributed by atoms with E-state index in [4.69, 9.17) is 12.2 Å². The Balaban J connectivity index is 1.90. The second-order valence-corrected chi connectivity index (χ2v) is 7.66. The van der Waals surface area contributed by atoms with Crippen molar-refractivity contribution in [3.05, 3.63) is 88.3 Å². The molecule has 0 spiro atoms. The number of amides is 1. The van der Waals surface area contributed by atoms with Crippen molar-refractivity contribution in [3.63, 3.8) is 0 Å². The van der Waals surface area contributed by atoms with Gasteiger partial charge in [-0.3, -0.25) is 9.69 Å². The van der Waals surface area contributed by atoms with Crippen molar-refractivity contribution in [3.8, 4) is 0 Å². The van der Waals surface area contributed by atoms with Crippen LogP contribution in [-0.2, 0) is 9.59 Å². The van der Waals surface area contributed by atoms with E-state index in [2.05, 4.69) is 0 Å². The largest absolute Gasteiger partial charge is 0.547 e. The summed E-state index contributed by atoms with van der Waals surface area (Å²) in [5, 5.41) is 11.7. The fraction of sp³-hybridized carbons (Fsp3) is 0.0952. The van der Waals surface area contributed by atoms with Crippen LogP contribution in [-0.4, -0.2) is 21.1 Å². The van der Waals surface area contributed by atoms with Gasteiger partial charge in [0.15, 0.2) is 0 Å². The predicted molar refractivity (Wildman–Crippen MR) is 109 cm³/mol. The quantitative estimate of drug-likeness (QED) is 0.575. The second-order valence-electron chi connectivity index (χ2n) is 5.98. The Bertz CT molecular complexity index is 936. The van der Waals surface area contributed by atoms with E-state index in [0.717, 1.165) is 27.8 Å². The molecule has 0 N–H and O–H groups in total. The van der Waals surface area contributed by atoms with Gasteiger partial charge in [0.05, 0.1) is 10.9 Å². The van der Waals surface area contributed by atoms with E-state index in [9.17, 15) is 14.7 Å². The van der Waals surface area contributed by atoms with Gasteiger partial charge in [-0.2, -0.15) is 0 Å². The molecule has 1 saturated heterocycles. The molecule has 1 heterocycles. The van der Waals surface area contributed by atoms with Gasteiger partial charge in [-0.1, -0.05) is 90.7 Å². The maximum absolute atomic E-state index is 12.9. The summed E-state index contributed by atoms with van der Waals surface area (Å²) in [5.41, 5.74) is 2.33. The number of carboxylic acids is 1. The Morgan fingerprint density at radius 1 is 1.11 bits per heavy atom. The van der Waals surface area contributed by atoms with E-state index in [1.807, 2.05) is 43.3 Å². The molecule has 0 unspecified atom stereocenters. The molecule has 2 aromatic carbocycles. The number of allylic oxidation sites excluding steroid dienone is 2. The molecule has 0 aliphatic carbocycles. The van der Waals surface area contributed by atoms with Crippen LogP contribution in [0.5, 0.6) is 0 Å². The molecule has 1 aliphatic rings. The molecule has 6 heteroatoms. The third-order valence-electron chi connectivity index (χ3n) is 3.97. The molecule has 0 radical (unpaired) electrons. The lowest BCUT2D eigenvalue weighted by atomic mass is 10.1. The highest BCUT2D eigenvalue weighted by molar-refractivity contribution is 8.26. The lowest BCUT2D eigenvalue weighted by molar-refractivity contribution is -0.310. The Kier molecular flexibility index (Phi) is 5.88. The summed E-state index contributed by atoms with van der Waals surface area (Å²) >= 11 is 6.39. The maximum atomic E-state index is 12.9. The van der Waals surface area contributed by atoms with Crippen LogP contribution in [0.25, 0.3) is 6.08 Å². The fourth-order valence-corrected chi connectivity index (χ4v) is 4.15. The molecular weight excluding hydrogens is 378 g/mol. The average Bonchev–Trinajstić information content (AvgIpc) is 2.91. The van der Waals surface area contributed by atoms with E-state index < -0.39 is 17.9 Å². The van der Waals surface area contributed by atoms with Crippen molar-refractivity contribution in [2.24, 2.45) is 0 Å². The number of benzene rings is 2. The van der Waals surface area contributed by atoms with Gasteiger partial charge < -0.3 is 9.90 Å². The van der Waals surface area contributed by atoms with Crippen molar-refractivity contribution in [2.45, 2.75) is 13.0 Å². The number of hydrogen-bond acceptors (Lipinski definition) is 5. The maximum Gasteiger partial charge on any atom is 0.267 e. The van der Waals surface area contributed by atoms with Crippen molar-refractivity contribution in [2.75, 3.05) is 0 Å². The Labute approximate surface area is 167 Å². The first-order valence-corrected chi connectivity index (χ1v) is 9.46. The van der Waals surface area contributed by atoms with Crippen LogP contribution in [0.3, 0.4) is 0 Å². The third-order valence-corrected chi connectivity index (χ3v) is 5.30. The van der Waals surface area contributed by atoms with Gasteiger partial charge in [-0.25, -0.2) is 0 Å². The Morgan fingerprint density at radius 2 is 1.70 bits per heavy atom. The summed E-state index contributed by atoms with van der Waals surface area (Å²) in [4.78, 5) is 26.1. The van der Waals surface area contributed by atoms with Crippen LogP contribution < -0.4 is 5.11 Å². The number of carbonyl (C=O) groups excluding carboxylic acids is 2. The third kappa shape index (κ3) is 4.35. The number of hydrogen-bond donors (Lipinski definition) is 0. The molecule has 1 fully saturated rings. The van der Waals surface area contributed by atoms with Crippen molar-refractivity contribution in [1.29, 1.82) is 0 Å². The highest BCUT2D eigenvalue weighted by atomic mass is 32.2. The average molecular weight is 394 g/mol. The van der Waals surface area contributed by atoms with Gasteiger partial charge in [-0.15, -0.1) is 0 Å². The minimum atomic E-state index is -1.37. The number of thioether (sulfide) groups is 1. The first-order valence-electron chi connectivity index (χ1n) is 8.23. The minimum absolute atomic E-state index is 0.205. The summed E-state index contributed by atoms with van der Waals surface area (Å²) < 4.78 is 0.205. The molecule has 136 valence electrons. The summed E-state index contributed by atoms with van der Waals surface area (Å²) in [7, 11) is 0. The van der Waals surface area contributed by atoms with Crippen LogP contribution in [0.2, 0.25) is 0 Å². The molecule has 0 saturated carbocycles.